The molecule has 0 radical (unpaired) electrons. The van der Waals surface area contributed by atoms with Crippen LogP contribution in [0.5, 0.6) is 0 Å². The number of hydrogen-bond acceptors (Lipinski definition) is 5. The highest BCUT2D eigenvalue weighted by atomic mass is 35.5. The van der Waals surface area contributed by atoms with E-state index in [0.29, 0.717) is 17.9 Å². The van der Waals surface area contributed by atoms with Gasteiger partial charge in [0, 0.05) is 19.7 Å². The summed E-state index contributed by atoms with van der Waals surface area (Å²) in [6.07, 6.45) is 1.91. The van der Waals surface area contributed by atoms with E-state index in [-0.39, 0.29) is 28.9 Å². The lowest BCUT2D eigenvalue weighted by Crippen LogP contribution is -2.37. The number of aliphatic hydroxyl groups excluding tert-OH is 1. The molecule has 0 bridgehead atoms. The molecular formula is C18H16ClF2N3OS. The fraction of sp³-hybridized carbons (Fsp3) is 0.333. The summed E-state index contributed by atoms with van der Waals surface area (Å²) in [5.41, 5.74) is 0.674. The third-order valence-corrected chi connectivity index (χ3v) is 5.80. The molecule has 0 saturated carbocycles. The van der Waals surface area contributed by atoms with Crippen LogP contribution in [0, 0.1) is 17.6 Å². The van der Waals surface area contributed by atoms with E-state index >= 15 is 0 Å². The summed E-state index contributed by atoms with van der Waals surface area (Å²) in [5, 5.41) is 11.1. The number of benzene rings is 1. The van der Waals surface area contributed by atoms with Crippen molar-refractivity contribution in [1.29, 1.82) is 0 Å². The predicted molar refractivity (Wildman–Crippen MR) is 99.8 cm³/mol. The number of hydrogen-bond donors (Lipinski definition) is 1. The minimum Gasteiger partial charge on any atom is -0.396 e. The minimum atomic E-state index is -0.711. The van der Waals surface area contributed by atoms with E-state index in [2.05, 4.69) is 14.9 Å². The van der Waals surface area contributed by atoms with Crippen LogP contribution >= 0.6 is 22.9 Å². The molecule has 0 spiro atoms. The Balaban J connectivity index is 1.84. The highest BCUT2D eigenvalue weighted by Gasteiger charge is 2.24. The van der Waals surface area contributed by atoms with Gasteiger partial charge >= 0.3 is 0 Å². The zero-order valence-electron chi connectivity index (χ0n) is 13.8. The standard InChI is InChI=1S/C18H16ClF2N3OS/c19-12-7-13(20)11(6-14(12)21)17-22-15-3-5-26-16(15)18(23-17)24-4-1-2-10(8-24)9-25/h3,5-7,10,25H,1-2,4,8-9H2. The Morgan fingerprint density at radius 3 is 2.92 bits per heavy atom. The predicted octanol–water partition coefficient (Wildman–Crippen LogP) is 4.50. The monoisotopic (exact) mass is 395 g/mol. The van der Waals surface area contributed by atoms with E-state index in [1.165, 1.54) is 11.3 Å². The molecule has 4 rings (SSSR count). The van der Waals surface area contributed by atoms with Crippen molar-refractivity contribution in [3.8, 4) is 11.4 Å². The minimum absolute atomic E-state index is 0.0167. The van der Waals surface area contributed by atoms with E-state index in [0.717, 1.165) is 36.2 Å². The molecule has 26 heavy (non-hydrogen) atoms. The van der Waals surface area contributed by atoms with Crippen molar-refractivity contribution < 1.29 is 13.9 Å². The molecule has 0 amide bonds. The SMILES string of the molecule is OCC1CCCN(c2nc(-c3cc(F)c(Cl)cc3F)nc3ccsc23)C1. The Labute approximate surface area is 158 Å². The highest BCUT2D eigenvalue weighted by Crippen LogP contribution is 2.35. The maximum Gasteiger partial charge on any atom is 0.165 e. The molecule has 4 nitrogen and oxygen atoms in total. The zero-order valence-corrected chi connectivity index (χ0v) is 15.3. The van der Waals surface area contributed by atoms with E-state index in [9.17, 15) is 13.9 Å². The molecule has 1 N–H and O–H groups in total. The first-order chi connectivity index (χ1) is 12.6. The van der Waals surface area contributed by atoms with E-state index in [1.54, 1.807) is 0 Å². The smallest absolute Gasteiger partial charge is 0.165 e. The van der Waals surface area contributed by atoms with Gasteiger partial charge in [0.25, 0.3) is 0 Å². The summed E-state index contributed by atoms with van der Waals surface area (Å²) >= 11 is 7.16. The number of anilines is 1. The Hall–Kier alpha value is -1.83. The van der Waals surface area contributed by atoms with Crippen LogP contribution in [0.25, 0.3) is 21.6 Å². The van der Waals surface area contributed by atoms with Crippen LogP contribution in [0.1, 0.15) is 12.8 Å². The van der Waals surface area contributed by atoms with Gasteiger partial charge in [-0.05, 0) is 42.3 Å². The van der Waals surface area contributed by atoms with Crippen molar-refractivity contribution in [3.63, 3.8) is 0 Å². The number of piperidine rings is 1. The fourth-order valence-electron chi connectivity index (χ4n) is 3.28. The summed E-state index contributed by atoms with van der Waals surface area (Å²) in [4.78, 5) is 11.1. The summed E-state index contributed by atoms with van der Waals surface area (Å²) < 4.78 is 29.1. The molecule has 3 heterocycles. The van der Waals surface area contributed by atoms with Crippen molar-refractivity contribution in [2.45, 2.75) is 12.8 Å². The lowest BCUT2D eigenvalue weighted by molar-refractivity contribution is 0.208. The lowest BCUT2D eigenvalue weighted by atomic mass is 9.99. The third kappa shape index (κ3) is 3.15. The van der Waals surface area contributed by atoms with E-state index in [4.69, 9.17) is 11.6 Å². The van der Waals surface area contributed by atoms with Crippen LogP contribution in [-0.4, -0.2) is 34.8 Å². The summed E-state index contributed by atoms with van der Waals surface area (Å²) in [7, 11) is 0. The average molecular weight is 396 g/mol. The van der Waals surface area contributed by atoms with Gasteiger partial charge in [-0.3, -0.25) is 0 Å². The quantitative estimate of drug-likeness (QED) is 0.663. The van der Waals surface area contributed by atoms with Crippen molar-refractivity contribution in [3.05, 3.63) is 40.2 Å². The molecule has 1 aliphatic heterocycles. The first kappa shape index (κ1) is 17.6. The van der Waals surface area contributed by atoms with Gasteiger partial charge in [0.2, 0.25) is 0 Å². The topological polar surface area (TPSA) is 49.2 Å². The number of halogens is 3. The molecule has 1 unspecified atom stereocenters. The van der Waals surface area contributed by atoms with Crippen molar-refractivity contribution in [2.24, 2.45) is 5.92 Å². The second kappa shape index (κ2) is 7.06. The molecule has 3 aromatic rings. The van der Waals surface area contributed by atoms with Gasteiger partial charge in [0.05, 0.1) is 20.8 Å². The number of aromatic nitrogens is 2. The van der Waals surface area contributed by atoms with Crippen molar-refractivity contribution >= 4 is 39.0 Å². The van der Waals surface area contributed by atoms with Gasteiger partial charge < -0.3 is 10.0 Å². The molecule has 1 atom stereocenters. The van der Waals surface area contributed by atoms with Crippen LogP contribution in [0.4, 0.5) is 14.6 Å². The Kier molecular flexibility index (Phi) is 4.77. The second-order valence-electron chi connectivity index (χ2n) is 6.39. The van der Waals surface area contributed by atoms with Crippen LogP contribution in [0.2, 0.25) is 5.02 Å². The average Bonchev–Trinajstić information content (AvgIpc) is 3.12. The lowest BCUT2D eigenvalue weighted by Gasteiger charge is -2.33. The number of nitrogens with zero attached hydrogens (tertiary/aromatic N) is 3. The van der Waals surface area contributed by atoms with Gasteiger partial charge in [-0.15, -0.1) is 11.3 Å². The Morgan fingerprint density at radius 1 is 1.27 bits per heavy atom. The van der Waals surface area contributed by atoms with Crippen LogP contribution < -0.4 is 4.90 Å². The maximum atomic E-state index is 14.4. The van der Waals surface area contributed by atoms with Gasteiger partial charge in [0.1, 0.15) is 11.6 Å². The van der Waals surface area contributed by atoms with Crippen molar-refractivity contribution in [2.75, 3.05) is 24.6 Å². The van der Waals surface area contributed by atoms with Crippen molar-refractivity contribution in [1.82, 2.24) is 9.97 Å². The fourth-order valence-corrected chi connectivity index (χ4v) is 4.28. The van der Waals surface area contributed by atoms with E-state index in [1.807, 2.05) is 11.4 Å². The van der Waals surface area contributed by atoms with Gasteiger partial charge in [-0.1, -0.05) is 11.6 Å². The molecule has 1 saturated heterocycles. The van der Waals surface area contributed by atoms with E-state index < -0.39 is 11.6 Å². The maximum absolute atomic E-state index is 14.4. The van der Waals surface area contributed by atoms with Gasteiger partial charge in [-0.2, -0.15) is 0 Å². The zero-order chi connectivity index (χ0) is 18.3. The highest BCUT2D eigenvalue weighted by molar-refractivity contribution is 7.17. The molecular weight excluding hydrogens is 380 g/mol. The molecule has 0 aliphatic carbocycles. The summed E-state index contributed by atoms with van der Waals surface area (Å²) in [6, 6.07) is 3.81. The second-order valence-corrected chi connectivity index (χ2v) is 7.71. The Morgan fingerprint density at radius 2 is 2.12 bits per heavy atom. The first-order valence-electron chi connectivity index (χ1n) is 8.32. The van der Waals surface area contributed by atoms with Crippen LogP contribution in [-0.2, 0) is 0 Å². The molecule has 1 fully saturated rings. The molecule has 1 aromatic carbocycles. The summed E-state index contributed by atoms with van der Waals surface area (Å²) in [5.74, 6) is -0.361. The molecule has 8 heteroatoms. The number of fused-ring (bicyclic) bond motifs is 1. The molecule has 1 aliphatic rings. The normalized spacial score (nSPS) is 17.8. The first-order valence-corrected chi connectivity index (χ1v) is 9.58. The van der Waals surface area contributed by atoms with Crippen LogP contribution in [0.3, 0.4) is 0 Å². The van der Waals surface area contributed by atoms with Gasteiger partial charge in [0.15, 0.2) is 11.6 Å². The van der Waals surface area contributed by atoms with Crippen LogP contribution in [0.15, 0.2) is 23.6 Å². The Bertz CT molecular complexity index is 965. The summed E-state index contributed by atoms with van der Waals surface area (Å²) in [6.45, 7) is 1.61. The molecule has 136 valence electrons. The number of thiophene rings is 1. The van der Waals surface area contributed by atoms with Gasteiger partial charge in [-0.25, -0.2) is 18.7 Å². The number of aliphatic hydroxyl groups is 1. The largest absolute Gasteiger partial charge is 0.396 e. The molecule has 2 aromatic heterocycles. The third-order valence-electron chi connectivity index (χ3n) is 4.61. The number of rotatable bonds is 3.